The summed E-state index contributed by atoms with van der Waals surface area (Å²) >= 11 is 0. The molecule has 0 saturated carbocycles. The van der Waals surface area contributed by atoms with Crippen molar-refractivity contribution in [1.82, 2.24) is 0 Å². The van der Waals surface area contributed by atoms with E-state index in [-0.39, 0.29) is 0 Å². The Kier molecular flexibility index (Phi) is 5.32. The molecule has 4 heteroatoms. The number of carbonyl (C=O) groups is 1. The van der Waals surface area contributed by atoms with E-state index in [0.29, 0.717) is 18.4 Å². The summed E-state index contributed by atoms with van der Waals surface area (Å²) in [6.45, 7) is 1.52. The van der Waals surface area contributed by atoms with Crippen molar-refractivity contribution >= 4 is 5.97 Å². The van der Waals surface area contributed by atoms with Crippen LogP contribution in [-0.2, 0) is 9.53 Å². The predicted molar refractivity (Wildman–Crippen MR) is 43.6 cm³/mol. The topological polar surface area (TPSA) is 66.8 Å². The quantitative estimate of drug-likeness (QED) is 0.477. The molecule has 0 rings (SSSR count). The largest absolute Gasteiger partial charge is 0.478 e. The van der Waals surface area contributed by atoms with E-state index >= 15 is 0 Å². The molecular formula is C8H14O4. The van der Waals surface area contributed by atoms with Gasteiger partial charge in [0.25, 0.3) is 0 Å². The maximum Gasteiger partial charge on any atom is 0.330 e. The predicted octanol–water partition coefficient (Wildman–Crippen LogP) is 0.762. The van der Waals surface area contributed by atoms with Crippen molar-refractivity contribution in [3.8, 4) is 0 Å². The number of carboxylic acids is 1. The molecule has 0 radical (unpaired) electrons. The molecule has 0 aliphatic carbocycles. The molecule has 0 fully saturated rings. The van der Waals surface area contributed by atoms with Crippen molar-refractivity contribution < 1.29 is 19.7 Å². The second kappa shape index (κ2) is 5.74. The monoisotopic (exact) mass is 174 g/mol. The normalized spacial score (nSPS) is 14.4. The lowest BCUT2D eigenvalue weighted by Gasteiger charge is -2.05. The highest BCUT2D eigenvalue weighted by Gasteiger charge is 2.01. The molecule has 0 aliphatic heterocycles. The summed E-state index contributed by atoms with van der Waals surface area (Å²) in [5.41, 5.74) is 0.290. The number of allylic oxidation sites excluding steroid dienone is 1. The highest BCUT2D eigenvalue weighted by atomic mass is 16.6. The van der Waals surface area contributed by atoms with Crippen molar-refractivity contribution in [2.45, 2.75) is 26.1 Å². The molecule has 70 valence electrons. The van der Waals surface area contributed by atoms with Gasteiger partial charge < -0.3 is 14.9 Å². The molecule has 4 nitrogen and oxygen atoms in total. The summed E-state index contributed by atoms with van der Waals surface area (Å²) < 4.78 is 4.57. The SMILES string of the molecule is COC(O)CCC=C(C)C(=O)O. The summed E-state index contributed by atoms with van der Waals surface area (Å²) in [6.07, 6.45) is 1.68. The lowest BCUT2D eigenvalue weighted by atomic mass is 10.2. The van der Waals surface area contributed by atoms with Crippen LogP contribution in [-0.4, -0.2) is 29.6 Å². The zero-order valence-corrected chi connectivity index (χ0v) is 7.28. The highest BCUT2D eigenvalue weighted by molar-refractivity contribution is 5.85. The zero-order valence-electron chi connectivity index (χ0n) is 7.28. The van der Waals surface area contributed by atoms with E-state index in [1.807, 2.05) is 0 Å². The smallest absolute Gasteiger partial charge is 0.330 e. The number of aliphatic hydroxyl groups excluding tert-OH is 1. The van der Waals surface area contributed by atoms with Crippen LogP contribution in [0.15, 0.2) is 11.6 Å². The van der Waals surface area contributed by atoms with Gasteiger partial charge in [0.2, 0.25) is 0 Å². The summed E-state index contributed by atoms with van der Waals surface area (Å²) in [4.78, 5) is 10.3. The van der Waals surface area contributed by atoms with Crippen molar-refractivity contribution in [2.24, 2.45) is 0 Å². The first-order chi connectivity index (χ1) is 5.57. The molecule has 12 heavy (non-hydrogen) atoms. The summed E-state index contributed by atoms with van der Waals surface area (Å²) in [6, 6.07) is 0. The number of hydrogen-bond donors (Lipinski definition) is 2. The van der Waals surface area contributed by atoms with E-state index in [1.54, 1.807) is 6.08 Å². The van der Waals surface area contributed by atoms with Gasteiger partial charge in [-0.2, -0.15) is 0 Å². The van der Waals surface area contributed by atoms with Gasteiger partial charge in [-0.1, -0.05) is 6.08 Å². The molecular weight excluding hydrogens is 160 g/mol. The molecule has 0 saturated heterocycles. The minimum atomic E-state index is -0.929. The number of carboxylic acid groups (broad SMARTS) is 1. The highest BCUT2D eigenvalue weighted by Crippen LogP contribution is 2.02. The minimum absolute atomic E-state index is 0.290. The maximum atomic E-state index is 10.3. The molecule has 0 bridgehead atoms. The first-order valence-electron chi connectivity index (χ1n) is 3.69. The number of aliphatic carboxylic acids is 1. The lowest BCUT2D eigenvalue weighted by molar-refractivity contribution is -0.132. The Hall–Kier alpha value is -0.870. The summed E-state index contributed by atoms with van der Waals surface area (Å²) in [5, 5.41) is 17.4. The Labute approximate surface area is 71.5 Å². The van der Waals surface area contributed by atoms with Gasteiger partial charge in [0, 0.05) is 19.1 Å². The van der Waals surface area contributed by atoms with E-state index in [0.717, 1.165) is 0 Å². The number of methoxy groups -OCH3 is 1. The van der Waals surface area contributed by atoms with Crippen LogP contribution >= 0.6 is 0 Å². The Morgan fingerprint density at radius 1 is 1.67 bits per heavy atom. The number of hydrogen-bond acceptors (Lipinski definition) is 3. The molecule has 1 atom stereocenters. The van der Waals surface area contributed by atoms with E-state index in [2.05, 4.69) is 4.74 Å². The van der Waals surface area contributed by atoms with Crippen LogP contribution in [0.4, 0.5) is 0 Å². The Morgan fingerprint density at radius 3 is 2.67 bits per heavy atom. The van der Waals surface area contributed by atoms with Gasteiger partial charge >= 0.3 is 5.97 Å². The van der Waals surface area contributed by atoms with Crippen molar-refractivity contribution in [1.29, 1.82) is 0 Å². The number of rotatable bonds is 5. The fraction of sp³-hybridized carbons (Fsp3) is 0.625. The number of ether oxygens (including phenoxy) is 1. The molecule has 0 aromatic heterocycles. The van der Waals surface area contributed by atoms with Gasteiger partial charge in [-0.3, -0.25) is 0 Å². The van der Waals surface area contributed by atoms with Crippen molar-refractivity contribution in [2.75, 3.05) is 7.11 Å². The summed E-state index contributed by atoms with van der Waals surface area (Å²) in [7, 11) is 1.40. The van der Waals surface area contributed by atoms with Crippen molar-refractivity contribution in [3.63, 3.8) is 0 Å². The third-order valence-electron chi connectivity index (χ3n) is 1.47. The van der Waals surface area contributed by atoms with E-state index in [9.17, 15) is 4.79 Å². The molecule has 1 unspecified atom stereocenters. The fourth-order valence-electron chi connectivity index (χ4n) is 0.648. The van der Waals surface area contributed by atoms with E-state index in [1.165, 1.54) is 14.0 Å². The Morgan fingerprint density at radius 2 is 2.25 bits per heavy atom. The van der Waals surface area contributed by atoms with Crippen LogP contribution < -0.4 is 0 Å². The first-order valence-corrected chi connectivity index (χ1v) is 3.69. The first kappa shape index (κ1) is 11.1. The molecule has 0 spiro atoms. The fourth-order valence-corrected chi connectivity index (χ4v) is 0.648. The van der Waals surface area contributed by atoms with Gasteiger partial charge in [-0.15, -0.1) is 0 Å². The van der Waals surface area contributed by atoms with Crippen LogP contribution in [0.25, 0.3) is 0 Å². The molecule has 0 heterocycles. The second-order valence-electron chi connectivity index (χ2n) is 2.46. The third-order valence-corrected chi connectivity index (χ3v) is 1.47. The van der Waals surface area contributed by atoms with E-state index in [4.69, 9.17) is 10.2 Å². The number of aliphatic hydroxyl groups is 1. The van der Waals surface area contributed by atoms with E-state index < -0.39 is 12.3 Å². The Bertz CT molecular complexity index is 174. The summed E-state index contributed by atoms with van der Waals surface area (Å²) in [5.74, 6) is -0.929. The molecule has 2 N–H and O–H groups in total. The average Bonchev–Trinajstić information content (AvgIpc) is 2.03. The molecule has 0 amide bonds. The van der Waals surface area contributed by atoms with Gasteiger partial charge in [0.1, 0.15) is 0 Å². The third kappa shape index (κ3) is 4.87. The van der Waals surface area contributed by atoms with Gasteiger partial charge in [-0.25, -0.2) is 4.79 Å². The van der Waals surface area contributed by atoms with Gasteiger partial charge in [0.05, 0.1) is 0 Å². The average molecular weight is 174 g/mol. The van der Waals surface area contributed by atoms with Crippen molar-refractivity contribution in [3.05, 3.63) is 11.6 Å². The molecule has 0 aromatic rings. The van der Waals surface area contributed by atoms with Crippen LogP contribution in [0.5, 0.6) is 0 Å². The van der Waals surface area contributed by atoms with Gasteiger partial charge in [0.15, 0.2) is 6.29 Å². The lowest BCUT2D eigenvalue weighted by Crippen LogP contribution is -2.07. The minimum Gasteiger partial charge on any atom is -0.478 e. The van der Waals surface area contributed by atoms with Gasteiger partial charge in [-0.05, 0) is 13.3 Å². The molecule has 0 aromatic carbocycles. The molecule has 0 aliphatic rings. The van der Waals surface area contributed by atoms with Crippen LogP contribution in [0.3, 0.4) is 0 Å². The zero-order chi connectivity index (χ0) is 9.56. The van der Waals surface area contributed by atoms with Crippen LogP contribution in [0.2, 0.25) is 0 Å². The second-order valence-corrected chi connectivity index (χ2v) is 2.46. The van der Waals surface area contributed by atoms with Crippen LogP contribution in [0, 0.1) is 0 Å². The maximum absolute atomic E-state index is 10.3. The Balaban J connectivity index is 3.67. The van der Waals surface area contributed by atoms with Crippen LogP contribution in [0.1, 0.15) is 19.8 Å². The standard InChI is InChI=1S/C8H14O4/c1-6(8(10)11)4-3-5-7(9)12-2/h4,7,9H,3,5H2,1-2H3,(H,10,11).